The van der Waals surface area contributed by atoms with E-state index in [0.29, 0.717) is 6.54 Å². The average Bonchev–Trinajstić information content (AvgIpc) is 2.55. The molecule has 0 bridgehead atoms. The van der Waals surface area contributed by atoms with Crippen molar-refractivity contribution in [1.29, 1.82) is 0 Å². The first-order valence-electron chi connectivity index (χ1n) is 7.51. The molecule has 0 saturated carbocycles. The third kappa shape index (κ3) is 5.86. The largest absolute Gasteiger partial charge is 0.494 e. The molecule has 3 N–H and O–H groups in total. The molecule has 0 fully saturated rings. The van der Waals surface area contributed by atoms with E-state index in [0.717, 1.165) is 12.5 Å². The smallest absolute Gasteiger partial charge is 0.330 e. The van der Waals surface area contributed by atoms with Gasteiger partial charge in [-0.3, -0.25) is 9.59 Å². The molecule has 2 amide bonds. The van der Waals surface area contributed by atoms with E-state index in [9.17, 15) is 23.9 Å². The zero-order chi connectivity index (χ0) is 18.1. The molecule has 0 heterocycles. The number of halogens is 1. The van der Waals surface area contributed by atoms with E-state index in [1.165, 1.54) is 19.2 Å². The van der Waals surface area contributed by atoms with Crippen LogP contribution in [0.4, 0.5) is 4.39 Å². The third-order valence-electron chi connectivity index (χ3n) is 3.21. The molecule has 1 aromatic rings. The predicted molar refractivity (Wildman–Crippen MR) is 84.0 cm³/mol. The number of carbonyl (C=O) groups is 3. The monoisotopic (exact) mass is 340 g/mol. The van der Waals surface area contributed by atoms with Gasteiger partial charge in [-0.15, -0.1) is 0 Å². The first-order chi connectivity index (χ1) is 11.4. The standard InChI is InChI=1S/C16H21FN2O5/c1-3-8-18-13(20)6-7-14(21)19-15(16(22)23)10-4-5-12(24-2)11(17)9-10/h4-5,9,15H,3,6-8H2,1-2H3,(H,18,20)(H,19,21)(H,22,23). The second-order valence-electron chi connectivity index (χ2n) is 5.08. The molecule has 1 rings (SSSR count). The molecule has 0 aliphatic rings. The first-order valence-corrected chi connectivity index (χ1v) is 7.51. The summed E-state index contributed by atoms with van der Waals surface area (Å²) in [6.07, 6.45) is 0.579. The van der Waals surface area contributed by atoms with E-state index in [4.69, 9.17) is 4.74 Å². The Hall–Kier alpha value is -2.64. The third-order valence-corrected chi connectivity index (χ3v) is 3.21. The topological polar surface area (TPSA) is 105 Å². The summed E-state index contributed by atoms with van der Waals surface area (Å²) in [5, 5.41) is 14.1. The van der Waals surface area contributed by atoms with Gasteiger partial charge in [0, 0.05) is 19.4 Å². The summed E-state index contributed by atoms with van der Waals surface area (Å²) in [6, 6.07) is 2.22. The van der Waals surface area contributed by atoms with Gasteiger partial charge < -0.3 is 20.5 Å². The minimum absolute atomic E-state index is 0.0261. The number of amides is 2. The molecule has 0 aromatic heterocycles. The highest BCUT2D eigenvalue weighted by Gasteiger charge is 2.23. The van der Waals surface area contributed by atoms with Gasteiger partial charge in [0.25, 0.3) is 0 Å². The normalized spacial score (nSPS) is 11.5. The summed E-state index contributed by atoms with van der Waals surface area (Å²) in [4.78, 5) is 34.6. The van der Waals surface area contributed by atoms with Crippen molar-refractivity contribution in [1.82, 2.24) is 10.6 Å². The van der Waals surface area contributed by atoms with Crippen LogP contribution in [0, 0.1) is 5.82 Å². The van der Waals surface area contributed by atoms with Crippen LogP contribution in [0.25, 0.3) is 0 Å². The molecule has 24 heavy (non-hydrogen) atoms. The van der Waals surface area contributed by atoms with Gasteiger partial charge in [-0.05, 0) is 24.1 Å². The zero-order valence-electron chi connectivity index (χ0n) is 13.6. The Morgan fingerprint density at radius 1 is 1.25 bits per heavy atom. The molecule has 0 radical (unpaired) electrons. The van der Waals surface area contributed by atoms with Crippen LogP contribution in [-0.4, -0.2) is 36.5 Å². The summed E-state index contributed by atoms with van der Waals surface area (Å²) in [5.41, 5.74) is 0.0737. The first kappa shape index (κ1) is 19.4. The number of hydrogen-bond acceptors (Lipinski definition) is 4. The quantitative estimate of drug-likeness (QED) is 0.630. The van der Waals surface area contributed by atoms with E-state index >= 15 is 0 Å². The van der Waals surface area contributed by atoms with Crippen molar-refractivity contribution in [3.05, 3.63) is 29.6 Å². The lowest BCUT2D eigenvalue weighted by Crippen LogP contribution is -2.34. The summed E-state index contributed by atoms with van der Waals surface area (Å²) in [7, 11) is 1.29. The van der Waals surface area contributed by atoms with Gasteiger partial charge in [-0.1, -0.05) is 13.0 Å². The van der Waals surface area contributed by atoms with Gasteiger partial charge in [0.2, 0.25) is 11.8 Å². The number of methoxy groups -OCH3 is 1. The Morgan fingerprint density at radius 2 is 1.92 bits per heavy atom. The Bertz CT molecular complexity index is 606. The number of hydrogen-bond donors (Lipinski definition) is 3. The molecule has 0 saturated heterocycles. The van der Waals surface area contributed by atoms with Gasteiger partial charge in [-0.25, -0.2) is 9.18 Å². The Balaban J connectivity index is 2.69. The van der Waals surface area contributed by atoms with Crippen molar-refractivity contribution >= 4 is 17.8 Å². The fraction of sp³-hybridized carbons (Fsp3) is 0.438. The van der Waals surface area contributed by atoms with Crippen LogP contribution in [0.3, 0.4) is 0 Å². The van der Waals surface area contributed by atoms with E-state index in [-0.39, 0.29) is 30.1 Å². The van der Waals surface area contributed by atoms with E-state index in [2.05, 4.69) is 10.6 Å². The number of carboxylic acids is 1. The van der Waals surface area contributed by atoms with Gasteiger partial charge in [-0.2, -0.15) is 0 Å². The van der Waals surface area contributed by atoms with Crippen molar-refractivity contribution < 1.29 is 28.6 Å². The highest BCUT2D eigenvalue weighted by molar-refractivity contribution is 5.87. The highest BCUT2D eigenvalue weighted by atomic mass is 19.1. The molecule has 1 aromatic carbocycles. The van der Waals surface area contributed by atoms with Gasteiger partial charge >= 0.3 is 5.97 Å². The molecule has 1 unspecified atom stereocenters. The summed E-state index contributed by atoms with van der Waals surface area (Å²) in [5.74, 6) is -2.97. The van der Waals surface area contributed by atoms with Crippen LogP contribution in [0.5, 0.6) is 5.75 Å². The molecule has 1 atom stereocenters. The van der Waals surface area contributed by atoms with E-state index < -0.39 is 23.7 Å². The number of rotatable bonds is 9. The number of benzene rings is 1. The van der Waals surface area contributed by atoms with Crippen LogP contribution in [0.15, 0.2) is 18.2 Å². The maximum atomic E-state index is 13.7. The van der Waals surface area contributed by atoms with Crippen molar-refractivity contribution in [2.75, 3.05) is 13.7 Å². The van der Waals surface area contributed by atoms with Crippen LogP contribution >= 0.6 is 0 Å². The summed E-state index contributed by atoms with van der Waals surface area (Å²) >= 11 is 0. The average molecular weight is 340 g/mol. The fourth-order valence-corrected chi connectivity index (χ4v) is 1.96. The molecule has 8 heteroatoms. The summed E-state index contributed by atoms with van der Waals surface area (Å²) in [6.45, 7) is 2.42. The number of aliphatic carboxylic acids is 1. The second-order valence-corrected chi connectivity index (χ2v) is 5.08. The Morgan fingerprint density at radius 3 is 2.46 bits per heavy atom. The molecular weight excluding hydrogens is 319 g/mol. The highest BCUT2D eigenvalue weighted by Crippen LogP contribution is 2.22. The van der Waals surface area contributed by atoms with Gasteiger partial charge in [0.15, 0.2) is 17.6 Å². The summed E-state index contributed by atoms with van der Waals surface area (Å²) < 4.78 is 18.5. The minimum Gasteiger partial charge on any atom is -0.494 e. The molecule has 0 aliphatic heterocycles. The number of nitrogens with one attached hydrogen (secondary N) is 2. The lowest BCUT2D eigenvalue weighted by molar-refractivity contribution is -0.142. The molecular formula is C16H21FN2O5. The van der Waals surface area contributed by atoms with Gasteiger partial charge in [0.05, 0.1) is 7.11 Å². The molecule has 0 spiro atoms. The van der Waals surface area contributed by atoms with Crippen molar-refractivity contribution in [3.63, 3.8) is 0 Å². The Kier molecular flexibility index (Phi) is 7.67. The van der Waals surface area contributed by atoms with E-state index in [1.54, 1.807) is 0 Å². The van der Waals surface area contributed by atoms with Crippen LogP contribution in [-0.2, 0) is 14.4 Å². The van der Waals surface area contributed by atoms with Crippen LogP contribution in [0.2, 0.25) is 0 Å². The van der Waals surface area contributed by atoms with Crippen LogP contribution < -0.4 is 15.4 Å². The predicted octanol–water partition coefficient (Wildman–Crippen LogP) is 1.38. The van der Waals surface area contributed by atoms with E-state index in [1.807, 2.05) is 6.92 Å². The van der Waals surface area contributed by atoms with Gasteiger partial charge in [0.1, 0.15) is 0 Å². The second kappa shape index (κ2) is 9.49. The lowest BCUT2D eigenvalue weighted by Gasteiger charge is -2.15. The van der Waals surface area contributed by atoms with Crippen molar-refractivity contribution in [2.45, 2.75) is 32.2 Å². The maximum absolute atomic E-state index is 13.7. The van der Waals surface area contributed by atoms with Crippen LogP contribution in [0.1, 0.15) is 37.8 Å². The number of ether oxygens (including phenoxy) is 1. The molecule has 0 aliphatic carbocycles. The maximum Gasteiger partial charge on any atom is 0.330 e. The lowest BCUT2D eigenvalue weighted by atomic mass is 10.1. The SMILES string of the molecule is CCCNC(=O)CCC(=O)NC(C(=O)O)c1ccc(OC)c(F)c1. The molecule has 132 valence electrons. The minimum atomic E-state index is -1.41. The fourth-order valence-electron chi connectivity index (χ4n) is 1.96. The molecule has 7 nitrogen and oxygen atoms in total. The zero-order valence-corrected chi connectivity index (χ0v) is 13.6. The number of carboxylic acid groups (broad SMARTS) is 1. The Labute approximate surface area is 139 Å². The van der Waals surface area contributed by atoms with Crippen molar-refractivity contribution in [3.8, 4) is 5.75 Å². The van der Waals surface area contributed by atoms with Crippen molar-refractivity contribution in [2.24, 2.45) is 0 Å². The number of carbonyl (C=O) groups excluding carboxylic acids is 2.